The number of fused-ring (bicyclic) bond motifs is 3. The van der Waals surface area contributed by atoms with E-state index in [1.54, 1.807) is 6.26 Å². The number of carbonyl (C=O) groups is 2. The Labute approximate surface area is 143 Å². The lowest BCUT2D eigenvalue weighted by atomic mass is 9.75. The average molecular weight is 334 g/mol. The molecule has 0 aromatic carbocycles. The van der Waals surface area contributed by atoms with Crippen LogP contribution in [0, 0.1) is 29.1 Å². The van der Waals surface area contributed by atoms with Gasteiger partial charge in [0.05, 0.1) is 12.2 Å². The van der Waals surface area contributed by atoms with E-state index in [0.717, 1.165) is 24.0 Å². The molecule has 5 heteroatoms. The first-order valence-electron chi connectivity index (χ1n) is 8.56. The normalized spacial score (nSPS) is 36.2. The van der Waals surface area contributed by atoms with Gasteiger partial charge in [-0.1, -0.05) is 26.0 Å². The van der Waals surface area contributed by atoms with Crippen LogP contribution >= 0.6 is 0 Å². The monoisotopic (exact) mass is 334 g/mol. The summed E-state index contributed by atoms with van der Waals surface area (Å²) in [6.45, 7) is 11.8. The van der Waals surface area contributed by atoms with Gasteiger partial charge < -0.3 is 14.2 Å². The molecule has 5 nitrogen and oxygen atoms in total. The van der Waals surface area contributed by atoms with Gasteiger partial charge in [0.15, 0.2) is 0 Å². The molecule has 1 aliphatic heterocycles. The summed E-state index contributed by atoms with van der Waals surface area (Å²) in [5.41, 5.74) is 2.25. The highest BCUT2D eigenvalue weighted by atomic mass is 16.7. The molecule has 2 fully saturated rings. The number of ether oxygens (including phenoxy) is 3. The quantitative estimate of drug-likeness (QED) is 0.586. The van der Waals surface area contributed by atoms with Crippen LogP contribution in [-0.4, -0.2) is 24.8 Å². The zero-order valence-electron chi connectivity index (χ0n) is 14.8. The van der Waals surface area contributed by atoms with Gasteiger partial charge in [-0.25, -0.2) is 0 Å². The summed E-state index contributed by atoms with van der Waals surface area (Å²) in [5, 5.41) is 0. The van der Waals surface area contributed by atoms with E-state index in [9.17, 15) is 9.59 Å². The highest BCUT2D eigenvalue weighted by Gasteiger charge is 2.65. The van der Waals surface area contributed by atoms with Crippen LogP contribution in [0.3, 0.4) is 0 Å². The summed E-state index contributed by atoms with van der Waals surface area (Å²) < 4.78 is 16.4. The minimum atomic E-state index is -0.642. The van der Waals surface area contributed by atoms with Crippen molar-refractivity contribution < 1.29 is 23.8 Å². The Kier molecular flexibility index (Phi) is 4.22. The molecule has 0 aromatic rings. The van der Waals surface area contributed by atoms with Crippen molar-refractivity contribution in [2.24, 2.45) is 29.1 Å². The Hall–Kier alpha value is -1.78. The van der Waals surface area contributed by atoms with Crippen molar-refractivity contribution in [3.8, 4) is 0 Å². The van der Waals surface area contributed by atoms with Gasteiger partial charge in [-0.2, -0.15) is 0 Å². The van der Waals surface area contributed by atoms with Crippen molar-refractivity contribution in [3.63, 3.8) is 0 Å². The van der Waals surface area contributed by atoms with E-state index in [1.807, 2.05) is 0 Å². The Bertz CT molecular complexity index is 603. The zero-order chi connectivity index (χ0) is 17.6. The highest BCUT2D eigenvalue weighted by molar-refractivity contribution is 5.66. The van der Waals surface area contributed by atoms with E-state index < -0.39 is 6.29 Å². The molecule has 2 saturated carbocycles. The first kappa shape index (κ1) is 17.1. The molecule has 0 radical (unpaired) electrons. The summed E-state index contributed by atoms with van der Waals surface area (Å²) in [7, 11) is 0. The minimum absolute atomic E-state index is 0.0822. The molecule has 5 atom stereocenters. The predicted octanol–water partition coefficient (Wildman–Crippen LogP) is 3.21. The fourth-order valence-electron chi connectivity index (χ4n) is 4.76. The van der Waals surface area contributed by atoms with Crippen LogP contribution in [0.25, 0.3) is 0 Å². The number of carbonyl (C=O) groups excluding carboxylic acids is 2. The lowest BCUT2D eigenvalue weighted by molar-refractivity contribution is -0.181. The Morgan fingerprint density at radius 1 is 1.29 bits per heavy atom. The molecule has 0 N–H and O–H groups in total. The molecule has 1 heterocycles. The predicted molar refractivity (Wildman–Crippen MR) is 87.5 cm³/mol. The van der Waals surface area contributed by atoms with Crippen molar-refractivity contribution in [2.45, 2.75) is 46.8 Å². The number of hydrogen-bond donors (Lipinski definition) is 0. The van der Waals surface area contributed by atoms with E-state index in [4.69, 9.17) is 14.2 Å². The van der Waals surface area contributed by atoms with E-state index in [-0.39, 0.29) is 35.8 Å². The lowest BCUT2D eigenvalue weighted by Crippen LogP contribution is -2.40. The fourth-order valence-corrected chi connectivity index (χ4v) is 4.76. The third-order valence-corrected chi connectivity index (χ3v) is 5.96. The third-order valence-electron chi connectivity index (χ3n) is 5.96. The fraction of sp³-hybridized carbons (Fsp3) is 0.684. The van der Waals surface area contributed by atoms with Gasteiger partial charge in [0.2, 0.25) is 6.29 Å². The molecule has 0 aromatic heterocycles. The highest BCUT2D eigenvalue weighted by Crippen LogP contribution is 2.69. The molecule has 0 spiro atoms. The molecule has 3 aliphatic rings. The number of hydrogen-bond acceptors (Lipinski definition) is 5. The van der Waals surface area contributed by atoms with Crippen molar-refractivity contribution in [1.29, 1.82) is 0 Å². The third kappa shape index (κ3) is 2.85. The second-order valence-electron chi connectivity index (χ2n) is 7.79. The Morgan fingerprint density at radius 3 is 2.62 bits per heavy atom. The molecule has 0 bridgehead atoms. The van der Waals surface area contributed by atoms with Gasteiger partial charge in [0, 0.05) is 25.3 Å². The molecular weight excluding hydrogens is 308 g/mol. The van der Waals surface area contributed by atoms with E-state index in [1.165, 1.54) is 13.8 Å². The summed E-state index contributed by atoms with van der Waals surface area (Å²) in [4.78, 5) is 22.7. The number of rotatable bonds is 3. The molecule has 132 valence electrons. The summed E-state index contributed by atoms with van der Waals surface area (Å²) in [6, 6.07) is 0. The van der Waals surface area contributed by atoms with Crippen LogP contribution in [0.2, 0.25) is 0 Å². The maximum absolute atomic E-state index is 11.5. The minimum Gasteiger partial charge on any atom is -0.462 e. The summed E-state index contributed by atoms with van der Waals surface area (Å²) in [5.74, 6) is 0.457. The van der Waals surface area contributed by atoms with Gasteiger partial charge in [-0.05, 0) is 30.1 Å². The van der Waals surface area contributed by atoms with Crippen LogP contribution in [0.4, 0.5) is 0 Å². The number of esters is 2. The molecule has 3 rings (SSSR count). The van der Waals surface area contributed by atoms with Gasteiger partial charge in [0.25, 0.3) is 0 Å². The maximum Gasteiger partial charge on any atom is 0.305 e. The standard InChI is InChI=1S/C19H26O5/c1-10-6-7-14-17(19(14,4)5)16-13(8-22-11(2)20)9-23-18(15(10)16)24-12(3)21/h9,14-18H,1,6-8H2,2-5H3. The van der Waals surface area contributed by atoms with E-state index in [0.29, 0.717) is 11.8 Å². The summed E-state index contributed by atoms with van der Waals surface area (Å²) in [6.07, 6.45) is 2.99. The van der Waals surface area contributed by atoms with Crippen molar-refractivity contribution in [2.75, 3.05) is 6.61 Å². The smallest absolute Gasteiger partial charge is 0.305 e. The maximum atomic E-state index is 11.5. The Morgan fingerprint density at radius 2 is 2.00 bits per heavy atom. The molecular formula is C19H26O5. The molecule has 2 aliphatic carbocycles. The van der Waals surface area contributed by atoms with Gasteiger partial charge in [-0.15, -0.1) is 0 Å². The van der Waals surface area contributed by atoms with Gasteiger partial charge >= 0.3 is 11.9 Å². The Balaban J connectivity index is 1.94. The van der Waals surface area contributed by atoms with Gasteiger partial charge in [0.1, 0.15) is 6.61 Å². The van der Waals surface area contributed by atoms with Crippen LogP contribution in [0.15, 0.2) is 24.0 Å². The first-order chi connectivity index (χ1) is 11.2. The second kappa shape index (κ2) is 5.94. The molecule has 0 amide bonds. The second-order valence-corrected chi connectivity index (χ2v) is 7.79. The summed E-state index contributed by atoms with van der Waals surface area (Å²) >= 11 is 0. The van der Waals surface area contributed by atoms with Crippen LogP contribution in [0.1, 0.15) is 40.5 Å². The largest absolute Gasteiger partial charge is 0.462 e. The zero-order valence-corrected chi connectivity index (χ0v) is 14.8. The molecule has 5 unspecified atom stereocenters. The van der Waals surface area contributed by atoms with E-state index >= 15 is 0 Å². The van der Waals surface area contributed by atoms with Crippen LogP contribution < -0.4 is 0 Å². The first-order valence-corrected chi connectivity index (χ1v) is 8.56. The van der Waals surface area contributed by atoms with Gasteiger partial charge in [-0.3, -0.25) is 9.59 Å². The van der Waals surface area contributed by atoms with Crippen LogP contribution in [-0.2, 0) is 23.8 Å². The van der Waals surface area contributed by atoms with Crippen molar-refractivity contribution in [1.82, 2.24) is 0 Å². The van der Waals surface area contributed by atoms with Crippen molar-refractivity contribution in [3.05, 3.63) is 24.0 Å². The van der Waals surface area contributed by atoms with Crippen LogP contribution in [0.5, 0.6) is 0 Å². The topological polar surface area (TPSA) is 61.8 Å². The van der Waals surface area contributed by atoms with E-state index in [2.05, 4.69) is 20.4 Å². The molecule has 24 heavy (non-hydrogen) atoms. The average Bonchev–Trinajstić information content (AvgIpc) is 3.07. The van der Waals surface area contributed by atoms with Crippen molar-refractivity contribution >= 4 is 11.9 Å². The SMILES string of the molecule is C=C1CCC2C(C3C(COC(C)=O)=COC(OC(C)=O)C13)C2(C)C. The molecule has 0 saturated heterocycles. The lowest BCUT2D eigenvalue weighted by Gasteiger charge is -2.39.